The molecule has 7 nitrogen and oxygen atoms in total. The first-order valence-electron chi connectivity index (χ1n) is 10.5. The Kier molecular flexibility index (Phi) is 4.51. The Bertz CT molecular complexity index is 1110. The molecule has 1 saturated carbocycles. The van der Waals surface area contributed by atoms with E-state index in [2.05, 4.69) is 27.4 Å². The van der Waals surface area contributed by atoms with Crippen LogP contribution in [0.1, 0.15) is 32.4 Å². The van der Waals surface area contributed by atoms with Gasteiger partial charge in [0.15, 0.2) is 6.17 Å². The highest BCUT2D eigenvalue weighted by Gasteiger charge is 2.58. The molecule has 2 aliphatic heterocycles. The predicted octanol–water partition coefficient (Wildman–Crippen LogP) is 3.59. The lowest BCUT2D eigenvalue weighted by Gasteiger charge is -2.56. The molecule has 0 spiro atoms. The minimum atomic E-state index is -1.12. The average Bonchev–Trinajstić information content (AvgIpc) is 3.20. The van der Waals surface area contributed by atoms with Crippen LogP contribution in [0, 0.1) is 12.3 Å². The van der Waals surface area contributed by atoms with Crippen molar-refractivity contribution in [3.8, 4) is 28.6 Å². The van der Waals surface area contributed by atoms with Gasteiger partial charge >= 0.3 is 0 Å². The maximum atomic E-state index is 15.2. The van der Waals surface area contributed by atoms with E-state index in [0.717, 1.165) is 30.8 Å². The lowest BCUT2D eigenvalue weighted by atomic mass is 9.61. The van der Waals surface area contributed by atoms with Gasteiger partial charge in [-0.25, -0.2) is 9.37 Å². The number of rotatable bonds is 4. The van der Waals surface area contributed by atoms with Gasteiger partial charge in [-0.05, 0) is 44.9 Å². The minimum absolute atomic E-state index is 0.0896. The van der Waals surface area contributed by atoms with Crippen LogP contribution in [0.2, 0.25) is 0 Å². The fourth-order valence-corrected chi connectivity index (χ4v) is 4.61. The van der Waals surface area contributed by atoms with E-state index in [0.29, 0.717) is 17.1 Å². The molecular weight excluding hydrogens is 397 g/mol. The summed E-state index contributed by atoms with van der Waals surface area (Å²) in [5.74, 6) is 0.380. The summed E-state index contributed by atoms with van der Waals surface area (Å²) >= 11 is 0. The molecule has 3 fully saturated rings. The molecule has 3 aromatic rings. The molecule has 0 radical (unpaired) electrons. The normalized spacial score (nSPS) is 29.8. The Morgan fingerprint density at radius 3 is 2.65 bits per heavy atom. The Balaban J connectivity index is 1.36. The van der Waals surface area contributed by atoms with Gasteiger partial charge in [0.2, 0.25) is 5.88 Å². The second kappa shape index (κ2) is 7.02. The van der Waals surface area contributed by atoms with E-state index in [1.54, 1.807) is 30.6 Å². The number of ether oxygens (including phenoxy) is 1. The second-order valence-electron chi connectivity index (χ2n) is 9.25. The highest BCUT2D eigenvalue weighted by Crippen LogP contribution is 2.48. The maximum Gasteiger partial charge on any atom is 0.233 e. The van der Waals surface area contributed by atoms with Crippen molar-refractivity contribution in [2.75, 3.05) is 6.54 Å². The van der Waals surface area contributed by atoms with Gasteiger partial charge in [0.05, 0.1) is 28.9 Å². The van der Waals surface area contributed by atoms with Crippen LogP contribution < -0.4 is 10.1 Å². The van der Waals surface area contributed by atoms with Crippen molar-refractivity contribution in [2.45, 2.75) is 51.4 Å². The van der Waals surface area contributed by atoms with Crippen molar-refractivity contribution in [3.05, 3.63) is 48.5 Å². The Morgan fingerprint density at radius 1 is 1.19 bits per heavy atom. The molecule has 2 aromatic heterocycles. The third kappa shape index (κ3) is 3.35. The molecule has 0 unspecified atom stereocenters. The molecule has 2 N–H and O–H groups in total. The van der Waals surface area contributed by atoms with Gasteiger partial charge in [-0.1, -0.05) is 6.92 Å². The van der Waals surface area contributed by atoms with E-state index in [-0.39, 0.29) is 11.2 Å². The number of nitrogens with one attached hydrogen (secondary N) is 1. The van der Waals surface area contributed by atoms with E-state index >= 15 is 4.39 Å². The number of imidazole rings is 1. The van der Waals surface area contributed by atoms with Gasteiger partial charge in [-0.2, -0.15) is 0 Å². The summed E-state index contributed by atoms with van der Waals surface area (Å²) in [6, 6.07) is 8.74. The maximum absolute atomic E-state index is 15.2. The number of fused-ring (bicyclic) bond motifs is 3. The van der Waals surface area contributed by atoms with Crippen LogP contribution in [0.4, 0.5) is 4.39 Å². The lowest BCUT2D eigenvalue weighted by Crippen LogP contribution is -2.72. The van der Waals surface area contributed by atoms with Gasteiger partial charge in [0.25, 0.3) is 0 Å². The van der Waals surface area contributed by atoms with Crippen LogP contribution in [0.15, 0.2) is 42.9 Å². The number of phenolic OH excluding ortho intramolecular Hbond substituents is 1. The van der Waals surface area contributed by atoms with E-state index in [1.807, 2.05) is 30.7 Å². The number of aromatic nitrogens is 4. The highest BCUT2D eigenvalue weighted by atomic mass is 19.1. The van der Waals surface area contributed by atoms with Gasteiger partial charge in [0.1, 0.15) is 11.9 Å². The molecule has 1 aliphatic carbocycles. The predicted molar refractivity (Wildman–Crippen MR) is 114 cm³/mol. The van der Waals surface area contributed by atoms with Crippen molar-refractivity contribution >= 4 is 0 Å². The lowest BCUT2D eigenvalue weighted by molar-refractivity contribution is -0.120. The van der Waals surface area contributed by atoms with E-state index < -0.39 is 17.8 Å². The van der Waals surface area contributed by atoms with Crippen LogP contribution in [-0.4, -0.2) is 49.2 Å². The highest BCUT2D eigenvalue weighted by molar-refractivity contribution is 5.68. The Hall–Kier alpha value is -3.00. The first kappa shape index (κ1) is 19.9. The van der Waals surface area contributed by atoms with Crippen molar-refractivity contribution in [2.24, 2.45) is 5.41 Å². The standard InChI is InChI=1S/C23H26FN5O2/c1-14-11-29(13-25-14)15-4-5-16(18(30)10-15)17-6-7-19(28-27-17)31-21-20(24)23(3)9-8-22(21,2)12-26-23/h4-7,10-11,13,20-21,26,30H,8-9,12H2,1-3H3/t20-,21-,22+,23+/m1/s1. The molecule has 1 aromatic carbocycles. The van der Waals surface area contributed by atoms with Gasteiger partial charge < -0.3 is 19.7 Å². The van der Waals surface area contributed by atoms with Crippen LogP contribution in [0.5, 0.6) is 11.6 Å². The molecular formula is C23H26FN5O2. The van der Waals surface area contributed by atoms with Crippen LogP contribution in [0.25, 0.3) is 16.9 Å². The van der Waals surface area contributed by atoms with Crippen molar-refractivity contribution in [3.63, 3.8) is 0 Å². The summed E-state index contributed by atoms with van der Waals surface area (Å²) in [7, 11) is 0. The molecule has 2 saturated heterocycles. The van der Waals surface area contributed by atoms with Crippen molar-refractivity contribution < 1.29 is 14.2 Å². The molecule has 8 heteroatoms. The third-order valence-corrected chi connectivity index (χ3v) is 6.83. The zero-order valence-electron chi connectivity index (χ0n) is 17.8. The molecule has 3 aliphatic rings. The number of aryl methyl sites for hydroxylation is 1. The van der Waals surface area contributed by atoms with Crippen LogP contribution in [0.3, 0.4) is 0 Å². The molecule has 4 atom stereocenters. The number of piperidine rings is 2. The summed E-state index contributed by atoms with van der Waals surface area (Å²) in [6.45, 7) is 6.60. The number of halogens is 1. The fourth-order valence-electron chi connectivity index (χ4n) is 4.61. The van der Waals surface area contributed by atoms with Crippen molar-refractivity contribution in [1.82, 2.24) is 25.1 Å². The second-order valence-corrected chi connectivity index (χ2v) is 9.25. The number of aromatic hydroxyl groups is 1. The number of alkyl halides is 1. The van der Waals surface area contributed by atoms with Gasteiger partial charge in [-0.3, -0.25) is 0 Å². The first-order chi connectivity index (χ1) is 14.8. The van der Waals surface area contributed by atoms with Gasteiger partial charge in [-0.15, -0.1) is 10.2 Å². The number of hydrogen-bond acceptors (Lipinski definition) is 6. The number of nitrogens with zero attached hydrogens (tertiary/aromatic N) is 4. The minimum Gasteiger partial charge on any atom is -0.507 e. The zero-order valence-corrected chi connectivity index (χ0v) is 17.8. The molecule has 162 valence electrons. The quantitative estimate of drug-likeness (QED) is 0.667. The number of phenols is 1. The summed E-state index contributed by atoms with van der Waals surface area (Å²) in [5, 5.41) is 22.2. The number of benzene rings is 1. The largest absolute Gasteiger partial charge is 0.507 e. The van der Waals surface area contributed by atoms with Crippen molar-refractivity contribution in [1.29, 1.82) is 0 Å². The number of hydrogen-bond donors (Lipinski definition) is 2. The van der Waals surface area contributed by atoms with E-state index in [1.165, 1.54) is 0 Å². The first-order valence-corrected chi connectivity index (χ1v) is 10.5. The van der Waals surface area contributed by atoms with Crippen LogP contribution >= 0.6 is 0 Å². The summed E-state index contributed by atoms with van der Waals surface area (Å²) in [4.78, 5) is 4.20. The topological polar surface area (TPSA) is 85.1 Å². The Labute approximate surface area is 180 Å². The van der Waals surface area contributed by atoms with Crippen LogP contribution in [-0.2, 0) is 0 Å². The zero-order chi connectivity index (χ0) is 21.8. The fraction of sp³-hybridized carbons (Fsp3) is 0.435. The molecule has 6 rings (SSSR count). The van der Waals surface area contributed by atoms with Gasteiger partial charge in [0, 0.05) is 35.9 Å². The average molecular weight is 423 g/mol. The summed E-state index contributed by atoms with van der Waals surface area (Å²) in [5.41, 5.74) is 1.93. The smallest absolute Gasteiger partial charge is 0.233 e. The molecule has 4 heterocycles. The Morgan fingerprint density at radius 2 is 2.03 bits per heavy atom. The molecule has 31 heavy (non-hydrogen) atoms. The third-order valence-electron chi connectivity index (χ3n) is 6.83. The SMILES string of the molecule is Cc1cn(-c2ccc(-c3ccc(O[C@@H]4[C@@H](F)[C@]5(C)CC[C@@]4(C)CN5)nn3)c(O)c2)cn1. The molecule has 0 amide bonds. The molecule has 2 bridgehead atoms. The summed E-state index contributed by atoms with van der Waals surface area (Å²) < 4.78 is 23.0. The van der Waals surface area contributed by atoms with E-state index in [9.17, 15) is 5.11 Å². The summed E-state index contributed by atoms with van der Waals surface area (Å²) in [6.07, 6.45) is 3.59. The van der Waals surface area contributed by atoms with E-state index in [4.69, 9.17) is 4.74 Å². The monoisotopic (exact) mass is 423 g/mol.